The number of aromatic amines is 1. The number of ether oxygens (including phenoxy) is 2. The van der Waals surface area contributed by atoms with Gasteiger partial charge in [-0.1, -0.05) is 36.4 Å². The minimum absolute atomic E-state index is 0.0672. The third kappa shape index (κ3) is 4.81. The molecule has 2 heterocycles. The number of carbonyl (C=O) groups excluding carboxylic acids is 1. The number of amidine groups is 1. The lowest BCUT2D eigenvalue weighted by molar-refractivity contribution is -0.122. The van der Waals surface area contributed by atoms with Crippen LogP contribution in [0.3, 0.4) is 0 Å². The van der Waals surface area contributed by atoms with Crippen LogP contribution in [0.15, 0.2) is 88.9 Å². The van der Waals surface area contributed by atoms with E-state index in [9.17, 15) is 4.79 Å². The Hall–Kier alpha value is -3.97. The molecule has 0 spiro atoms. The number of amides is 1. The lowest BCUT2D eigenvalue weighted by Gasteiger charge is -2.15. The zero-order valence-corrected chi connectivity index (χ0v) is 20.3. The van der Waals surface area contributed by atoms with Crippen molar-refractivity contribution < 1.29 is 14.3 Å². The predicted molar refractivity (Wildman–Crippen MR) is 142 cm³/mol. The average molecular weight is 484 g/mol. The molecule has 5 rings (SSSR count). The lowest BCUT2D eigenvalue weighted by atomic mass is 10.1. The summed E-state index contributed by atoms with van der Waals surface area (Å²) in [5.41, 5.74) is 3.88. The molecule has 1 saturated heterocycles. The number of para-hydroxylation sites is 2. The first-order valence-electron chi connectivity index (χ1n) is 11.3. The highest BCUT2D eigenvalue weighted by atomic mass is 32.2. The summed E-state index contributed by atoms with van der Waals surface area (Å²) in [5.74, 6) is 1.27. The van der Waals surface area contributed by atoms with E-state index < -0.39 is 0 Å². The van der Waals surface area contributed by atoms with Crippen LogP contribution in [0.25, 0.3) is 17.0 Å². The Balaban J connectivity index is 1.47. The molecule has 3 aromatic carbocycles. The number of hydrogen-bond donors (Lipinski definition) is 1. The first-order chi connectivity index (χ1) is 17.2. The molecule has 0 saturated carbocycles. The number of H-pyrrole nitrogens is 1. The van der Waals surface area contributed by atoms with Crippen molar-refractivity contribution in [3.05, 3.63) is 95.0 Å². The molecule has 0 aliphatic carbocycles. The number of carbonyl (C=O) groups is 1. The number of thioether (sulfide) groups is 1. The predicted octanol–water partition coefficient (Wildman–Crippen LogP) is 6.03. The van der Waals surface area contributed by atoms with Gasteiger partial charge in [0.15, 0.2) is 5.17 Å². The number of aromatic nitrogens is 1. The molecule has 1 amide bonds. The summed E-state index contributed by atoms with van der Waals surface area (Å²) in [6.07, 6.45) is 4.59. The van der Waals surface area contributed by atoms with Crippen LogP contribution in [0.4, 0.5) is 5.69 Å². The van der Waals surface area contributed by atoms with Crippen LogP contribution in [0.1, 0.15) is 11.1 Å². The maximum Gasteiger partial charge on any atom is 0.266 e. The zero-order valence-electron chi connectivity index (χ0n) is 19.5. The van der Waals surface area contributed by atoms with Gasteiger partial charge in [0.25, 0.3) is 5.91 Å². The molecular weight excluding hydrogens is 458 g/mol. The second-order valence-corrected chi connectivity index (χ2v) is 9.02. The zero-order chi connectivity index (χ0) is 24.2. The van der Waals surface area contributed by atoms with Crippen LogP contribution in [-0.2, 0) is 11.2 Å². The van der Waals surface area contributed by atoms with Gasteiger partial charge in [-0.15, -0.1) is 0 Å². The average Bonchev–Trinajstić information content (AvgIpc) is 3.44. The van der Waals surface area contributed by atoms with Gasteiger partial charge in [-0.05, 0) is 60.2 Å². The number of nitrogens with one attached hydrogen (secondary N) is 1. The van der Waals surface area contributed by atoms with Crippen molar-refractivity contribution >= 4 is 45.5 Å². The van der Waals surface area contributed by atoms with E-state index in [2.05, 4.69) is 17.1 Å². The quantitative estimate of drug-likeness (QED) is 0.326. The fourth-order valence-electron chi connectivity index (χ4n) is 4.05. The minimum Gasteiger partial charge on any atom is -0.497 e. The van der Waals surface area contributed by atoms with Gasteiger partial charge in [-0.25, -0.2) is 4.99 Å². The maximum absolute atomic E-state index is 13.5. The molecule has 1 aliphatic rings. The second kappa shape index (κ2) is 10.1. The smallest absolute Gasteiger partial charge is 0.266 e. The van der Waals surface area contributed by atoms with Crippen molar-refractivity contribution in [3.63, 3.8) is 0 Å². The Morgan fingerprint density at radius 1 is 1.00 bits per heavy atom. The third-order valence-electron chi connectivity index (χ3n) is 5.88. The van der Waals surface area contributed by atoms with Crippen LogP contribution in [0.2, 0.25) is 0 Å². The molecular formula is C28H25N3O3S. The van der Waals surface area contributed by atoms with Crippen molar-refractivity contribution in [1.29, 1.82) is 0 Å². The largest absolute Gasteiger partial charge is 0.497 e. The molecule has 1 N–H and O–H groups in total. The number of benzene rings is 3. The summed E-state index contributed by atoms with van der Waals surface area (Å²) in [5, 5.41) is 1.84. The maximum atomic E-state index is 13.5. The highest BCUT2D eigenvalue weighted by molar-refractivity contribution is 8.18. The first-order valence-corrected chi connectivity index (χ1v) is 12.1. The van der Waals surface area contributed by atoms with Gasteiger partial charge in [0.1, 0.15) is 11.5 Å². The number of rotatable bonds is 7. The summed E-state index contributed by atoms with van der Waals surface area (Å²) in [6, 6.07) is 23.5. The van der Waals surface area contributed by atoms with Crippen LogP contribution in [0.5, 0.6) is 11.5 Å². The number of hydrogen-bond acceptors (Lipinski definition) is 5. The molecule has 1 aromatic heterocycles. The SMILES string of the molecule is COc1ccc(/C=C2\SC(=Nc3ccccc3)N(CCc3c[nH]c4ccccc34)C2=O)c(OC)c1. The van der Waals surface area contributed by atoms with E-state index in [1.807, 2.05) is 72.9 Å². The molecule has 0 bridgehead atoms. The molecule has 0 unspecified atom stereocenters. The van der Waals surface area contributed by atoms with Gasteiger partial charge in [0, 0.05) is 35.3 Å². The van der Waals surface area contributed by atoms with Crippen molar-refractivity contribution in [2.75, 3.05) is 20.8 Å². The Bertz CT molecular complexity index is 1430. The van der Waals surface area contributed by atoms with Gasteiger partial charge in [-0.3, -0.25) is 9.69 Å². The second-order valence-electron chi connectivity index (χ2n) is 8.01. The van der Waals surface area contributed by atoms with E-state index in [-0.39, 0.29) is 5.91 Å². The van der Waals surface area contributed by atoms with Crippen molar-refractivity contribution in [2.45, 2.75) is 6.42 Å². The Labute approximate surface area is 208 Å². The van der Waals surface area contributed by atoms with E-state index in [4.69, 9.17) is 14.5 Å². The van der Waals surface area contributed by atoms with E-state index in [1.165, 1.54) is 22.7 Å². The van der Waals surface area contributed by atoms with Crippen LogP contribution in [-0.4, -0.2) is 41.7 Å². The molecule has 1 aliphatic heterocycles. The third-order valence-corrected chi connectivity index (χ3v) is 6.88. The summed E-state index contributed by atoms with van der Waals surface area (Å²) < 4.78 is 10.8. The highest BCUT2D eigenvalue weighted by Gasteiger charge is 2.33. The Morgan fingerprint density at radius 3 is 2.60 bits per heavy atom. The topological polar surface area (TPSA) is 66.9 Å². The Morgan fingerprint density at radius 2 is 1.80 bits per heavy atom. The van der Waals surface area contributed by atoms with Crippen LogP contribution in [0, 0.1) is 0 Å². The summed E-state index contributed by atoms with van der Waals surface area (Å²) >= 11 is 1.38. The van der Waals surface area contributed by atoms with Gasteiger partial charge in [-0.2, -0.15) is 0 Å². The fourth-order valence-corrected chi connectivity index (χ4v) is 5.07. The molecule has 7 heteroatoms. The number of methoxy groups -OCH3 is 2. The standard InChI is InChI=1S/C28H25N3O3S/c1-33-22-13-12-19(25(17-22)34-2)16-26-27(32)31(28(35-26)30-21-8-4-3-5-9-21)15-14-20-18-29-24-11-7-6-10-23(20)24/h3-13,16-18,29H,14-15H2,1-2H3/b26-16-,30-28?. The number of fused-ring (bicyclic) bond motifs is 1. The molecule has 176 valence electrons. The van der Waals surface area contributed by atoms with Crippen molar-refractivity contribution in [3.8, 4) is 11.5 Å². The normalized spacial score (nSPS) is 15.9. The Kier molecular flexibility index (Phi) is 6.59. The molecule has 4 aromatic rings. The molecule has 35 heavy (non-hydrogen) atoms. The summed E-state index contributed by atoms with van der Waals surface area (Å²) in [4.78, 5) is 24.0. The van der Waals surface area contributed by atoms with Crippen LogP contribution < -0.4 is 9.47 Å². The fraction of sp³-hybridized carbons (Fsp3) is 0.143. The van der Waals surface area contributed by atoms with Gasteiger partial charge in [0.2, 0.25) is 0 Å². The minimum atomic E-state index is -0.0672. The van der Waals surface area contributed by atoms with Crippen LogP contribution >= 0.6 is 11.8 Å². The van der Waals surface area contributed by atoms with E-state index in [0.29, 0.717) is 34.5 Å². The van der Waals surface area contributed by atoms with Gasteiger partial charge < -0.3 is 14.5 Å². The monoisotopic (exact) mass is 483 g/mol. The number of aliphatic imine (C=N–C) groups is 1. The van der Waals surface area contributed by atoms with Crippen molar-refractivity contribution in [1.82, 2.24) is 9.88 Å². The molecule has 6 nitrogen and oxygen atoms in total. The van der Waals surface area contributed by atoms with Gasteiger partial charge >= 0.3 is 0 Å². The molecule has 0 radical (unpaired) electrons. The van der Waals surface area contributed by atoms with Crippen molar-refractivity contribution in [2.24, 2.45) is 4.99 Å². The number of nitrogens with zero attached hydrogens (tertiary/aromatic N) is 2. The van der Waals surface area contributed by atoms with E-state index in [0.717, 1.165) is 16.8 Å². The van der Waals surface area contributed by atoms with E-state index in [1.54, 1.807) is 19.1 Å². The highest BCUT2D eigenvalue weighted by Crippen LogP contribution is 2.36. The first kappa shape index (κ1) is 22.8. The van der Waals surface area contributed by atoms with Gasteiger partial charge in [0.05, 0.1) is 24.8 Å². The molecule has 0 atom stereocenters. The molecule has 1 fully saturated rings. The lowest BCUT2D eigenvalue weighted by Crippen LogP contribution is -2.31. The summed E-state index contributed by atoms with van der Waals surface area (Å²) in [7, 11) is 3.22. The summed E-state index contributed by atoms with van der Waals surface area (Å²) in [6.45, 7) is 0.524. The van der Waals surface area contributed by atoms with E-state index >= 15 is 0 Å².